The second kappa shape index (κ2) is 5.43. The normalized spacial score (nSPS) is 20.8. The molecule has 4 nitrogen and oxygen atoms in total. The molecule has 0 spiro atoms. The number of nitrogens with one attached hydrogen (secondary N) is 2. The molecular formula is C15H20N2O2. The van der Waals surface area contributed by atoms with E-state index in [-0.39, 0.29) is 17.7 Å². The summed E-state index contributed by atoms with van der Waals surface area (Å²) < 4.78 is 0. The summed E-state index contributed by atoms with van der Waals surface area (Å²) in [5, 5.41) is 5.78. The van der Waals surface area contributed by atoms with Crippen LogP contribution in [0.2, 0.25) is 0 Å². The van der Waals surface area contributed by atoms with Crippen molar-refractivity contribution in [1.29, 1.82) is 0 Å². The Balaban J connectivity index is 2.10. The third-order valence-electron chi connectivity index (χ3n) is 3.63. The molecule has 1 aromatic carbocycles. The molecule has 2 N–H and O–H groups in total. The Kier molecular flexibility index (Phi) is 3.88. The lowest BCUT2D eigenvalue weighted by Gasteiger charge is -2.13. The molecule has 0 heterocycles. The van der Waals surface area contributed by atoms with Crippen molar-refractivity contribution in [2.75, 3.05) is 10.6 Å². The van der Waals surface area contributed by atoms with E-state index in [1.54, 1.807) is 0 Å². The van der Waals surface area contributed by atoms with Crippen molar-refractivity contribution in [1.82, 2.24) is 0 Å². The lowest BCUT2D eigenvalue weighted by atomic mass is 10.1. The molecule has 2 amide bonds. The maximum atomic E-state index is 11.9. The van der Waals surface area contributed by atoms with Crippen LogP contribution in [0.4, 0.5) is 11.4 Å². The van der Waals surface area contributed by atoms with Crippen molar-refractivity contribution in [2.45, 2.75) is 33.6 Å². The summed E-state index contributed by atoms with van der Waals surface area (Å²) in [7, 11) is 0. The molecule has 0 unspecified atom stereocenters. The van der Waals surface area contributed by atoms with E-state index >= 15 is 0 Å². The summed E-state index contributed by atoms with van der Waals surface area (Å²) in [5.41, 5.74) is 2.43. The molecule has 1 aliphatic carbocycles. The summed E-state index contributed by atoms with van der Waals surface area (Å²) in [6.45, 7) is 5.79. The Morgan fingerprint density at radius 1 is 1.26 bits per heavy atom. The van der Waals surface area contributed by atoms with Gasteiger partial charge in [0, 0.05) is 23.7 Å². The van der Waals surface area contributed by atoms with Crippen molar-refractivity contribution < 1.29 is 9.59 Å². The zero-order valence-electron chi connectivity index (χ0n) is 11.6. The largest absolute Gasteiger partial charge is 0.326 e. The lowest BCUT2D eigenvalue weighted by molar-refractivity contribution is -0.117. The fourth-order valence-corrected chi connectivity index (χ4v) is 2.06. The number of hydrogen-bond acceptors (Lipinski definition) is 2. The molecule has 102 valence electrons. The summed E-state index contributed by atoms with van der Waals surface area (Å²) >= 11 is 0. The van der Waals surface area contributed by atoms with Crippen molar-refractivity contribution in [3.05, 3.63) is 23.8 Å². The molecule has 2 atom stereocenters. The monoisotopic (exact) mass is 260 g/mol. The standard InChI is InChI=1S/C15H20N2O2/c1-4-14(18)16-12-6-5-7-13(10(12)3)17-15(19)11-8-9(11)2/h5-7,9,11H,4,8H2,1-3H3,(H,16,18)(H,17,19)/t9-,11+/m0/s1. The van der Waals surface area contributed by atoms with Gasteiger partial charge in [-0.15, -0.1) is 0 Å². The molecule has 2 rings (SSSR count). The molecule has 1 aliphatic rings. The van der Waals surface area contributed by atoms with Gasteiger partial charge in [-0.1, -0.05) is 19.9 Å². The highest BCUT2D eigenvalue weighted by Crippen LogP contribution is 2.38. The van der Waals surface area contributed by atoms with Crippen molar-refractivity contribution in [3.63, 3.8) is 0 Å². The maximum Gasteiger partial charge on any atom is 0.227 e. The van der Waals surface area contributed by atoms with E-state index in [1.165, 1.54) is 0 Å². The third-order valence-corrected chi connectivity index (χ3v) is 3.63. The highest BCUT2D eigenvalue weighted by atomic mass is 16.2. The fourth-order valence-electron chi connectivity index (χ4n) is 2.06. The van der Waals surface area contributed by atoms with Gasteiger partial charge in [0.2, 0.25) is 11.8 Å². The topological polar surface area (TPSA) is 58.2 Å². The minimum atomic E-state index is -0.0256. The van der Waals surface area contributed by atoms with Crippen LogP contribution >= 0.6 is 0 Å². The molecule has 0 saturated heterocycles. The van der Waals surface area contributed by atoms with E-state index in [0.717, 1.165) is 23.4 Å². The van der Waals surface area contributed by atoms with Crippen LogP contribution in [0.5, 0.6) is 0 Å². The molecular weight excluding hydrogens is 240 g/mol. The number of anilines is 2. The van der Waals surface area contributed by atoms with Gasteiger partial charge in [0.15, 0.2) is 0 Å². The molecule has 1 fully saturated rings. The Labute approximate surface area is 113 Å². The molecule has 0 bridgehead atoms. The van der Waals surface area contributed by atoms with Crippen LogP contribution in [0, 0.1) is 18.8 Å². The first-order chi connectivity index (χ1) is 9.02. The van der Waals surface area contributed by atoms with Gasteiger partial charge in [0.25, 0.3) is 0 Å². The van der Waals surface area contributed by atoms with Crippen LogP contribution in [0.25, 0.3) is 0 Å². The van der Waals surface area contributed by atoms with Crippen LogP contribution in [0.1, 0.15) is 32.3 Å². The summed E-state index contributed by atoms with van der Waals surface area (Å²) in [5.74, 6) is 0.688. The minimum absolute atomic E-state index is 0.0256. The number of amides is 2. The first-order valence-electron chi connectivity index (χ1n) is 6.73. The Morgan fingerprint density at radius 3 is 2.37 bits per heavy atom. The molecule has 19 heavy (non-hydrogen) atoms. The van der Waals surface area contributed by atoms with Crippen molar-refractivity contribution in [2.24, 2.45) is 11.8 Å². The number of benzene rings is 1. The average molecular weight is 260 g/mol. The molecule has 0 aliphatic heterocycles. The van der Waals surface area contributed by atoms with Crippen LogP contribution in [0.15, 0.2) is 18.2 Å². The smallest absolute Gasteiger partial charge is 0.227 e. The van der Waals surface area contributed by atoms with Crippen LogP contribution < -0.4 is 10.6 Å². The predicted molar refractivity (Wildman–Crippen MR) is 76.0 cm³/mol. The summed E-state index contributed by atoms with van der Waals surface area (Å²) in [6, 6.07) is 5.55. The molecule has 1 saturated carbocycles. The minimum Gasteiger partial charge on any atom is -0.326 e. The second-order valence-corrected chi connectivity index (χ2v) is 5.19. The Bertz CT molecular complexity index is 511. The van der Waals surface area contributed by atoms with Gasteiger partial charge in [0.05, 0.1) is 0 Å². The van der Waals surface area contributed by atoms with Gasteiger partial charge in [-0.05, 0) is 37.0 Å². The summed E-state index contributed by atoms with van der Waals surface area (Å²) in [6.07, 6.45) is 1.41. The quantitative estimate of drug-likeness (QED) is 0.874. The van der Waals surface area contributed by atoms with E-state index in [9.17, 15) is 9.59 Å². The summed E-state index contributed by atoms with van der Waals surface area (Å²) in [4.78, 5) is 23.4. The van der Waals surface area contributed by atoms with Gasteiger partial charge < -0.3 is 10.6 Å². The lowest BCUT2D eigenvalue weighted by Crippen LogP contribution is -2.16. The fraction of sp³-hybridized carbons (Fsp3) is 0.467. The van der Waals surface area contributed by atoms with E-state index in [1.807, 2.05) is 32.0 Å². The van der Waals surface area contributed by atoms with Gasteiger partial charge in [-0.2, -0.15) is 0 Å². The van der Waals surface area contributed by atoms with E-state index < -0.39 is 0 Å². The van der Waals surface area contributed by atoms with E-state index in [2.05, 4.69) is 17.6 Å². The molecule has 0 aromatic heterocycles. The third kappa shape index (κ3) is 3.13. The van der Waals surface area contributed by atoms with Gasteiger partial charge in [-0.25, -0.2) is 0 Å². The van der Waals surface area contributed by atoms with E-state index in [0.29, 0.717) is 12.3 Å². The Hall–Kier alpha value is -1.84. The van der Waals surface area contributed by atoms with Crippen molar-refractivity contribution in [3.8, 4) is 0 Å². The molecule has 4 heteroatoms. The SMILES string of the molecule is CCC(=O)Nc1cccc(NC(=O)[C@@H]2C[C@@H]2C)c1C. The average Bonchev–Trinajstić information content (AvgIpc) is 3.11. The highest BCUT2D eigenvalue weighted by Gasteiger charge is 2.39. The van der Waals surface area contributed by atoms with E-state index in [4.69, 9.17) is 0 Å². The van der Waals surface area contributed by atoms with Crippen molar-refractivity contribution >= 4 is 23.2 Å². The Morgan fingerprint density at radius 2 is 1.84 bits per heavy atom. The number of carbonyl (C=O) groups is 2. The predicted octanol–water partition coefficient (Wildman–Crippen LogP) is 2.94. The number of rotatable bonds is 4. The van der Waals surface area contributed by atoms with Crippen LogP contribution in [-0.2, 0) is 9.59 Å². The first kappa shape index (κ1) is 13.6. The maximum absolute atomic E-state index is 11.9. The van der Waals surface area contributed by atoms with Crippen LogP contribution in [-0.4, -0.2) is 11.8 Å². The van der Waals surface area contributed by atoms with Crippen LogP contribution in [0.3, 0.4) is 0 Å². The highest BCUT2D eigenvalue weighted by molar-refractivity contribution is 5.97. The zero-order chi connectivity index (χ0) is 14.0. The molecule has 1 aromatic rings. The number of hydrogen-bond donors (Lipinski definition) is 2. The first-order valence-corrected chi connectivity index (χ1v) is 6.73. The van der Waals surface area contributed by atoms with Gasteiger partial charge in [-0.3, -0.25) is 9.59 Å². The zero-order valence-corrected chi connectivity index (χ0v) is 11.6. The molecule has 0 radical (unpaired) electrons. The number of carbonyl (C=O) groups excluding carboxylic acids is 2. The van der Waals surface area contributed by atoms with Gasteiger partial charge >= 0.3 is 0 Å². The van der Waals surface area contributed by atoms with Gasteiger partial charge in [0.1, 0.15) is 0 Å². The second-order valence-electron chi connectivity index (χ2n) is 5.19.